The van der Waals surface area contributed by atoms with Crippen LogP contribution in [0, 0.1) is 0 Å². The maximum Gasteiger partial charge on any atom is 1.00 e. The van der Waals surface area contributed by atoms with Gasteiger partial charge in [-0.05, 0) is 0 Å². The second-order valence-electron chi connectivity index (χ2n) is 3.07. The lowest BCUT2D eigenvalue weighted by Gasteiger charge is -2.25. The smallest absolute Gasteiger partial charge is 0.547 e. The number of aliphatic carboxylic acids is 5. The second kappa shape index (κ2) is 7.60. The predicted octanol–water partition coefficient (Wildman–Crippen LogP) is -3.32. The molecule has 0 radical (unpaired) electrons. The van der Waals surface area contributed by atoms with Crippen LogP contribution in [0.2, 0.25) is 0 Å². The first-order chi connectivity index (χ1) is 8.42. The fraction of sp³-hybridized carbons (Fsp3) is 0.375. The molecule has 11 nitrogen and oxygen atoms in total. The van der Waals surface area contributed by atoms with E-state index in [2.05, 4.69) is 0 Å². The molecule has 0 aliphatic carbocycles. The number of carbonyl (C=O) groups excluding carboxylic acids is 1. The van der Waals surface area contributed by atoms with Crippen LogP contribution >= 0.6 is 0 Å². The average Bonchev–Trinajstić information content (AvgIpc) is 2.14. The van der Waals surface area contributed by atoms with E-state index in [0.717, 1.165) is 0 Å². The molecule has 0 saturated heterocycles. The van der Waals surface area contributed by atoms with Gasteiger partial charge in [0, 0.05) is 0 Å². The van der Waals surface area contributed by atoms with Crippen molar-refractivity contribution >= 4 is 29.8 Å². The van der Waals surface area contributed by atoms with Gasteiger partial charge in [-0.1, -0.05) is 0 Å². The number of rotatable bonds is 5. The SMILES string of the molecule is O=C(O)C(=O)O.O=C(O)CC(O)(CC(=O)O)C(=O)[O-].[H+]. The summed E-state index contributed by atoms with van der Waals surface area (Å²) in [6.45, 7) is 0. The molecule has 0 bridgehead atoms. The van der Waals surface area contributed by atoms with Gasteiger partial charge in [0.2, 0.25) is 0 Å². The zero-order valence-electron chi connectivity index (χ0n) is 10.1. The summed E-state index contributed by atoms with van der Waals surface area (Å²) in [5.41, 5.74) is -2.85. The number of hydrogen-bond acceptors (Lipinski definition) is 7. The molecule has 0 aromatic heterocycles. The summed E-state index contributed by atoms with van der Waals surface area (Å²) >= 11 is 0. The molecule has 0 saturated carbocycles. The van der Waals surface area contributed by atoms with Crippen molar-refractivity contribution in [3.05, 3.63) is 0 Å². The third-order valence-corrected chi connectivity index (χ3v) is 1.45. The van der Waals surface area contributed by atoms with E-state index in [1.165, 1.54) is 0 Å². The predicted molar refractivity (Wildman–Crippen MR) is 50.8 cm³/mol. The normalized spacial score (nSPS) is 9.74. The van der Waals surface area contributed by atoms with Crippen molar-refractivity contribution in [1.82, 2.24) is 0 Å². The molecule has 0 rings (SSSR count). The zero-order chi connectivity index (χ0) is 15.8. The molecular weight excluding hydrogens is 272 g/mol. The van der Waals surface area contributed by atoms with Gasteiger partial charge in [-0.15, -0.1) is 0 Å². The first kappa shape index (κ1) is 18.7. The Hall–Kier alpha value is -2.69. The van der Waals surface area contributed by atoms with E-state index in [-0.39, 0.29) is 1.43 Å². The molecule has 5 N–H and O–H groups in total. The minimum Gasteiger partial charge on any atom is -0.547 e. The summed E-state index contributed by atoms with van der Waals surface area (Å²) in [6, 6.07) is 0. The van der Waals surface area contributed by atoms with Gasteiger partial charge in [-0.25, -0.2) is 9.59 Å². The number of aliphatic hydroxyl groups is 1. The van der Waals surface area contributed by atoms with Crippen LogP contribution in [0.5, 0.6) is 0 Å². The van der Waals surface area contributed by atoms with Crippen LogP contribution in [0.15, 0.2) is 0 Å². The van der Waals surface area contributed by atoms with Crippen LogP contribution in [0.1, 0.15) is 14.3 Å². The van der Waals surface area contributed by atoms with Crippen molar-refractivity contribution in [2.75, 3.05) is 0 Å². The largest absolute Gasteiger partial charge is 1.00 e. The Kier molecular flexibility index (Phi) is 7.47. The molecule has 0 aliphatic heterocycles. The Balaban J connectivity index is -0.000000352. The summed E-state index contributed by atoms with van der Waals surface area (Å²) in [7, 11) is 0. The van der Waals surface area contributed by atoms with E-state index in [4.69, 9.17) is 35.1 Å². The first-order valence-electron chi connectivity index (χ1n) is 4.26. The van der Waals surface area contributed by atoms with E-state index in [9.17, 15) is 19.5 Å². The van der Waals surface area contributed by atoms with Crippen LogP contribution in [0.25, 0.3) is 0 Å². The molecule has 0 spiro atoms. The fourth-order valence-corrected chi connectivity index (χ4v) is 0.707. The molecule has 0 atom stereocenters. The monoisotopic (exact) mass is 282 g/mol. The van der Waals surface area contributed by atoms with Gasteiger partial charge < -0.3 is 35.4 Å². The molecule has 0 aromatic rings. The van der Waals surface area contributed by atoms with Crippen molar-refractivity contribution in [2.24, 2.45) is 0 Å². The van der Waals surface area contributed by atoms with Crippen LogP contribution in [0.4, 0.5) is 0 Å². The summed E-state index contributed by atoms with van der Waals surface area (Å²) in [4.78, 5) is 48.5. The Morgan fingerprint density at radius 3 is 1.21 bits per heavy atom. The highest BCUT2D eigenvalue weighted by Gasteiger charge is 2.34. The maximum atomic E-state index is 10.2. The van der Waals surface area contributed by atoms with Gasteiger partial charge in [0.05, 0.1) is 18.8 Å². The van der Waals surface area contributed by atoms with Crippen LogP contribution in [-0.4, -0.2) is 61.0 Å². The van der Waals surface area contributed by atoms with Gasteiger partial charge in [0.15, 0.2) is 0 Å². The first-order valence-corrected chi connectivity index (χ1v) is 4.26. The van der Waals surface area contributed by atoms with Gasteiger partial charge in [0.25, 0.3) is 0 Å². The van der Waals surface area contributed by atoms with Gasteiger partial charge in [-0.2, -0.15) is 0 Å². The van der Waals surface area contributed by atoms with E-state index >= 15 is 0 Å². The van der Waals surface area contributed by atoms with Gasteiger partial charge in [0.1, 0.15) is 5.60 Å². The highest BCUT2D eigenvalue weighted by atomic mass is 16.4. The number of hydrogen-bond donors (Lipinski definition) is 5. The molecule has 0 unspecified atom stereocenters. The highest BCUT2D eigenvalue weighted by Crippen LogP contribution is 2.14. The molecule has 0 aliphatic rings. The van der Waals surface area contributed by atoms with Crippen molar-refractivity contribution in [2.45, 2.75) is 18.4 Å². The van der Waals surface area contributed by atoms with Crippen LogP contribution in [-0.2, 0) is 24.0 Å². The molecule has 0 heterocycles. The number of carboxylic acid groups (broad SMARTS) is 5. The van der Waals surface area contributed by atoms with E-state index in [1.54, 1.807) is 0 Å². The standard InChI is InChI=1S/C6H8O7.C2H2O4/c7-3(8)1-6(13,5(11)12)2-4(9)10;3-1(4)2(5)6/h13H,1-2H2,(H,7,8)(H,9,10)(H,11,12);(H,3,4)(H,5,6). The lowest BCUT2D eigenvalue weighted by Crippen LogP contribution is -2.51. The van der Waals surface area contributed by atoms with Crippen LogP contribution < -0.4 is 5.11 Å². The molecule has 0 fully saturated rings. The molecule has 0 amide bonds. The van der Waals surface area contributed by atoms with Crippen LogP contribution in [0.3, 0.4) is 0 Å². The Morgan fingerprint density at radius 2 is 1.11 bits per heavy atom. The lowest BCUT2D eigenvalue weighted by molar-refractivity contribution is -0.325. The second-order valence-corrected chi connectivity index (χ2v) is 3.07. The molecule has 0 aromatic carbocycles. The average molecular weight is 282 g/mol. The Morgan fingerprint density at radius 1 is 0.842 bits per heavy atom. The topological polar surface area (TPSA) is 210 Å². The Labute approximate surface area is 105 Å². The summed E-state index contributed by atoms with van der Waals surface area (Å²) in [6.07, 6.45) is -2.41. The van der Waals surface area contributed by atoms with Crippen molar-refractivity contribution in [1.29, 1.82) is 0 Å². The Bertz CT molecular complexity index is 373. The van der Waals surface area contributed by atoms with Gasteiger partial charge in [-0.3, -0.25) is 9.59 Å². The van der Waals surface area contributed by atoms with E-state index in [0.29, 0.717) is 0 Å². The fourth-order valence-electron chi connectivity index (χ4n) is 0.707. The summed E-state index contributed by atoms with van der Waals surface area (Å²) < 4.78 is 0. The van der Waals surface area contributed by atoms with Crippen molar-refractivity contribution in [3.8, 4) is 0 Å². The molecule has 19 heavy (non-hydrogen) atoms. The third-order valence-electron chi connectivity index (χ3n) is 1.45. The zero-order valence-corrected chi connectivity index (χ0v) is 9.10. The highest BCUT2D eigenvalue weighted by molar-refractivity contribution is 6.27. The summed E-state index contributed by atoms with van der Waals surface area (Å²) in [5.74, 6) is -9.00. The molecular formula is C8H10O11. The number of carbonyl (C=O) groups is 5. The van der Waals surface area contributed by atoms with E-state index in [1.807, 2.05) is 0 Å². The van der Waals surface area contributed by atoms with Crippen molar-refractivity contribution < 1.29 is 56.0 Å². The quantitative estimate of drug-likeness (QED) is 0.315. The summed E-state index contributed by atoms with van der Waals surface area (Å²) in [5, 5.41) is 50.3. The van der Waals surface area contributed by atoms with E-state index < -0.39 is 48.3 Å². The molecule has 108 valence electrons. The third kappa shape index (κ3) is 9.05. The van der Waals surface area contributed by atoms with Gasteiger partial charge >= 0.3 is 25.3 Å². The van der Waals surface area contributed by atoms with Crippen molar-refractivity contribution in [3.63, 3.8) is 0 Å². The maximum absolute atomic E-state index is 10.2. The lowest BCUT2D eigenvalue weighted by atomic mass is 9.96. The molecule has 11 heteroatoms. The minimum absolute atomic E-state index is 0. The minimum atomic E-state index is -2.85. The number of carboxylic acids is 5.